The molecule has 0 aromatic carbocycles. The molecule has 78 valence electrons. The van der Waals surface area contributed by atoms with Crippen LogP contribution in [-0.4, -0.2) is 19.6 Å². The van der Waals surface area contributed by atoms with E-state index in [9.17, 15) is 0 Å². The van der Waals surface area contributed by atoms with Crippen molar-refractivity contribution in [1.82, 2.24) is 19.6 Å². The minimum Gasteiger partial charge on any atom is -0.271 e. The van der Waals surface area contributed by atoms with Gasteiger partial charge in [0.15, 0.2) is 0 Å². The molecule has 14 heavy (non-hydrogen) atoms. The lowest BCUT2D eigenvalue weighted by Gasteiger charge is -2.09. The molecule has 4 nitrogen and oxygen atoms in total. The van der Waals surface area contributed by atoms with Crippen LogP contribution >= 0.6 is 0 Å². The third kappa shape index (κ3) is 1.95. The first kappa shape index (κ1) is 10.8. The Morgan fingerprint density at radius 2 is 1.43 bits per heavy atom. The van der Waals surface area contributed by atoms with Gasteiger partial charge in [0.1, 0.15) is 5.82 Å². The van der Waals surface area contributed by atoms with Gasteiger partial charge < -0.3 is 0 Å². The Morgan fingerprint density at radius 1 is 0.857 bits per heavy atom. The van der Waals surface area contributed by atoms with E-state index in [2.05, 4.69) is 24.0 Å². The van der Waals surface area contributed by atoms with Crippen LogP contribution in [-0.2, 0) is 14.1 Å². The van der Waals surface area contributed by atoms with Gasteiger partial charge in [0, 0.05) is 19.8 Å². The molecular weight excluding hydrogens is 176 g/mol. The highest BCUT2D eigenvalue weighted by Gasteiger charge is 2.00. The van der Waals surface area contributed by atoms with Gasteiger partial charge in [-0.25, -0.2) is 0 Å². The molecule has 1 rings (SSSR count). The van der Waals surface area contributed by atoms with Crippen LogP contribution in [0.25, 0.3) is 0 Å². The molecule has 1 heterocycles. The van der Waals surface area contributed by atoms with E-state index in [0.717, 1.165) is 17.2 Å². The van der Waals surface area contributed by atoms with Crippen molar-refractivity contribution in [3.8, 4) is 0 Å². The van der Waals surface area contributed by atoms with Crippen molar-refractivity contribution >= 4 is 0 Å². The van der Waals surface area contributed by atoms with Crippen LogP contribution in [0.3, 0.4) is 0 Å². The molecule has 1 aromatic rings. The number of rotatable bonds is 0. The van der Waals surface area contributed by atoms with E-state index in [1.54, 1.807) is 4.68 Å². The maximum absolute atomic E-state index is 4.42. The van der Waals surface area contributed by atoms with Gasteiger partial charge in [0.2, 0.25) is 0 Å². The molecule has 0 aliphatic rings. The minimum absolute atomic E-state index is 0.888. The summed E-state index contributed by atoms with van der Waals surface area (Å²) in [6.45, 7) is 8.08. The number of nitrogens with zero attached hydrogens (tertiary/aromatic N) is 4. The number of aryl methyl sites for hydroxylation is 4. The molecule has 0 radical (unpaired) electrons. The highest BCUT2D eigenvalue weighted by molar-refractivity contribution is 5.18. The van der Waals surface area contributed by atoms with E-state index in [1.165, 1.54) is 5.56 Å². The Kier molecular flexibility index (Phi) is 2.93. The van der Waals surface area contributed by atoms with E-state index in [-0.39, 0.29) is 0 Å². The van der Waals surface area contributed by atoms with Crippen molar-refractivity contribution in [1.29, 1.82) is 0 Å². The molecule has 4 heteroatoms. The summed E-state index contributed by atoms with van der Waals surface area (Å²) >= 11 is 0. The molecular formula is C10H18N4. The van der Waals surface area contributed by atoms with Crippen molar-refractivity contribution in [2.75, 3.05) is 0 Å². The first-order valence-electron chi connectivity index (χ1n) is 4.69. The Morgan fingerprint density at radius 3 is 2.00 bits per heavy atom. The predicted molar refractivity (Wildman–Crippen MR) is 56.6 cm³/mol. The highest BCUT2D eigenvalue weighted by Crippen LogP contribution is 2.05. The van der Waals surface area contributed by atoms with Crippen LogP contribution in [0.15, 0.2) is 0 Å². The van der Waals surface area contributed by atoms with Gasteiger partial charge in [-0.15, -0.1) is 0 Å². The van der Waals surface area contributed by atoms with Crippen LogP contribution in [0.5, 0.6) is 0 Å². The first-order chi connectivity index (χ1) is 6.43. The molecule has 0 fully saturated rings. The third-order valence-electron chi connectivity index (χ3n) is 2.63. The normalized spacial score (nSPS) is 10.1. The molecule has 0 aliphatic carbocycles. The van der Waals surface area contributed by atoms with Crippen molar-refractivity contribution in [3.05, 3.63) is 22.8 Å². The topological polar surface area (TPSA) is 35.6 Å². The van der Waals surface area contributed by atoms with E-state index in [4.69, 9.17) is 0 Å². The van der Waals surface area contributed by atoms with Crippen LogP contribution in [0, 0.1) is 27.7 Å². The molecule has 0 spiro atoms. The van der Waals surface area contributed by atoms with E-state index < -0.39 is 0 Å². The monoisotopic (exact) mass is 194 g/mol. The van der Waals surface area contributed by atoms with Crippen LogP contribution < -0.4 is 0 Å². The lowest BCUT2D eigenvalue weighted by atomic mass is 10.2. The standard InChI is InChI=1S/C10H18N4/c1-7-8(2)11-14(6)10(4)12-13(5)9(7)3/h1-6H3. The zero-order valence-corrected chi connectivity index (χ0v) is 9.79. The van der Waals surface area contributed by atoms with Gasteiger partial charge in [-0.05, 0) is 33.3 Å². The van der Waals surface area contributed by atoms with Crippen LogP contribution in [0.4, 0.5) is 0 Å². The zero-order chi connectivity index (χ0) is 10.9. The van der Waals surface area contributed by atoms with Crippen LogP contribution in [0.1, 0.15) is 22.8 Å². The third-order valence-corrected chi connectivity index (χ3v) is 2.63. The molecule has 0 saturated carbocycles. The van der Waals surface area contributed by atoms with Gasteiger partial charge in [-0.2, -0.15) is 10.2 Å². The van der Waals surface area contributed by atoms with Gasteiger partial charge >= 0.3 is 0 Å². The van der Waals surface area contributed by atoms with E-state index in [1.807, 2.05) is 32.6 Å². The average Bonchev–Trinajstić information content (AvgIpc) is 2.13. The lowest BCUT2D eigenvalue weighted by Crippen LogP contribution is -2.11. The minimum atomic E-state index is 0.888. The van der Waals surface area contributed by atoms with Gasteiger partial charge in [0.25, 0.3) is 0 Å². The summed E-state index contributed by atoms with van der Waals surface area (Å²) in [6.07, 6.45) is 0. The first-order valence-corrected chi connectivity index (χ1v) is 4.69. The smallest absolute Gasteiger partial charge is 0.142 e. The van der Waals surface area contributed by atoms with Gasteiger partial charge in [-0.1, -0.05) is 0 Å². The second kappa shape index (κ2) is 3.82. The summed E-state index contributed by atoms with van der Waals surface area (Å²) in [4.78, 5) is 0. The maximum atomic E-state index is 4.42. The Hall–Kier alpha value is -1.32. The summed E-state index contributed by atoms with van der Waals surface area (Å²) in [5.41, 5.74) is 3.35. The molecule has 0 N–H and O–H groups in total. The van der Waals surface area contributed by atoms with Crippen molar-refractivity contribution in [2.45, 2.75) is 27.7 Å². The highest BCUT2D eigenvalue weighted by atomic mass is 15.3. The van der Waals surface area contributed by atoms with Gasteiger partial charge in [-0.3, -0.25) is 9.36 Å². The summed E-state index contributed by atoms with van der Waals surface area (Å²) in [5.74, 6) is 0.888. The number of hydrogen-bond acceptors (Lipinski definition) is 2. The summed E-state index contributed by atoms with van der Waals surface area (Å²) in [5, 5.41) is 8.81. The quantitative estimate of drug-likeness (QED) is 0.627. The van der Waals surface area contributed by atoms with Crippen molar-refractivity contribution in [2.24, 2.45) is 14.1 Å². The average molecular weight is 194 g/mol. The molecule has 0 saturated heterocycles. The Bertz CT molecular complexity index is 359. The fourth-order valence-electron chi connectivity index (χ4n) is 1.23. The van der Waals surface area contributed by atoms with Crippen molar-refractivity contribution < 1.29 is 0 Å². The predicted octanol–water partition coefficient (Wildman–Crippen LogP) is 1.51. The van der Waals surface area contributed by atoms with Gasteiger partial charge in [0.05, 0.1) is 5.69 Å². The molecule has 0 unspecified atom stereocenters. The second-order valence-electron chi connectivity index (χ2n) is 3.59. The zero-order valence-electron chi connectivity index (χ0n) is 9.79. The second-order valence-corrected chi connectivity index (χ2v) is 3.59. The largest absolute Gasteiger partial charge is 0.271 e. The molecule has 0 bridgehead atoms. The molecule has 0 amide bonds. The SMILES string of the molecule is Cc1nn(C)c(C)nn(C)c(C)c1C. The molecule has 1 aromatic heterocycles. The number of aromatic nitrogens is 4. The van der Waals surface area contributed by atoms with E-state index in [0.29, 0.717) is 0 Å². The van der Waals surface area contributed by atoms with Crippen LogP contribution in [0.2, 0.25) is 0 Å². The summed E-state index contributed by atoms with van der Waals surface area (Å²) in [6, 6.07) is 0. The van der Waals surface area contributed by atoms with E-state index >= 15 is 0 Å². The summed E-state index contributed by atoms with van der Waals surface area (Å²) in [7, 11) is 3.86. The number of hydrogen-bond donors (Lipinski definition) is 0. The Labute approximate surface area is 84.9 Å². The fraction of sp³-hybridized carbons (Fsp3) is 0.600. The molecule has 0 atom stereocenters. The fourth-order valence-corrected chi connectivity index (χ4v) is 1.23. The molecule has 0 aliphatic heterocycles. The lowest BCUT2D eigenvalue weighted by molar-refractivity contribution is 0.602. The summed E-state index contributed by atoms with van der Waals surface area (Å²) < 4.78 is 3.68. The van der Waals surface area contributed by atoms with Crippen molar-refractivity contribution in [3.63, 3.8) is 0 Å². The Balaban J connectivity index is 3.68. The maximum Gasteiger partial charge on any atom is 0.142 e.